The minimum atomic E-state index is 0.445. The molecule has 0 fully saturated rings. The van der Waals surface area contributed by atoms with Gasteiger partial charge in [-0.3, -0.25) is 0 Å². The van der Waals surface area contributed by atoms with Crippen LogP contribution in [0.5, 0.6) is 5.75 Å². The van der Waals surface area contributed by atoms with Crippen LogP contribution in [0.3, 0.4) is 0 Å². The molecule has 1 N–H and O–H groups in total. The molecule has 29 heavy (non-hydrogen) atoms. The van der Waals surface area contributed by atoms with E-state index in [9.17, 15) is 0 Å². The third-order valence-electron chi connectivity index (χ3n) is 4.38. The first kappa shape index (κ1) is 18.8. The lowest BCUT2D eigenvalue weighted by atomic mass is 10.1. The minimum absolute atomic E-state index is 0.445. The van der Waals surface area contributed by atoms with E-state index in [4.69, 9.17) is 17.0 Å². The maximum Gasteiger partial charge on any atom is 0.216 e. The molecule has 0 unspecified atom stereocenters. The zero-order valence-corrected chi connectivity index (χ0v) is 16.8. The normalized spacial score (nSPS) is 11.1. The van der Waals surface area contributed by atoms with Gasteiger partial charge in [0.05, 0.1) is 6.21 Å². The summed E-state index contributed by atoms with van der Waals surface area (Å²) in [6, 6.07) is 25.9. The molecule has 0 bridgehead atoms. The van der Waals surface area contributed by atoms with E-state index in [1.54, 1.807) is 10.9 Å². The third-order valence-corrected chi connectivity index (χ3v) is 4.64. The van der Waals surface area contributed by atoms with Crippen LogP contribution in [0.1, 0.15) is 16.7 Å². The van der Waals surface area contributed by atoms with E-state index in [1.165, 1.54) is 0 Å². The summed E-state index contributed by atoms with van der Waals surface area (Å²) in [7, 11) is 0. The van der Waals surface area contributed by atoms with Gasteiger partial charge in [0, 0.05) is 5.56 Å². The molecule has 3 aromatic carbocycles. The van der Waals surface area contributed by atoms with Gasteiger partial charge in [0.25, 0.3) is 0 Å². The van der Waals surface area contributed by atoms with Crippen LogP contribution in [-0.4, -0.2) is 21.1 Å². The number of hydrogen-bond donors (Lipinski definition) is 1. The second kappa shape index (κ2) is 8.67. The van der Waals surface area contributed by atoms with Gasteiger partial charge < -0.3 is 4.74 Å². The zero-order chi connectivity index (χ0) is 20.1. The summed E-state index contributed by atoms with van der Waals surface area (Å²) >= 11 is 5.33. The zero-order valence-electron chi connectivity index (χ0n) is 15.9. The predicted octanol–water partition coefficient (Wildman–Crippen LogP) is 5.38. The standard InChI is InChI=1S/C23H20N4OS/c1-17-6-5-9-20(14-17)22-25-26-23(29)27(22)24-15-18-10-12-21(13-11-18)28-16-19-7-3-2-4-8-19/h2-15H,16H2,1H3,(H,26,29)/b24-15-. The van der Waals surface area contributed by atoms with Crippen LogP contribution in [-0.2, 0) is 6.61 Å². The molecular formula is C23H20N4OS. The highest BCUT2D eigenvalue weighted by molar-refractivity contribution is 7.71. The number of aromatic nitrogens is 3. The van der Waals surface area contributed by atoms with Crippen LogP contribution in [0.2, 0.25) is 0 Å². The Morgan fingerprint density at radius 1 is 1.03 bits per heavy atom. The third kappa shape index (κ3) is 4.67. The van der Waals surface area contributed by atoms with Crippen molar-refractivity contribution < 1.29 is 4.74 Å². The summed E-state index contributed by atoms with van der Waals surface area (Å²) in [6.45, 7) is 2.58. The molecule has 1 heterocycles. The van der Waals surface area contributed by atoms with Crippen LogP contribution < -0.4 is 4.74 Å². The molecule has 6 heteroatoms. The summed E-state index contributed by atoms with van der Waals surface area (Å²) in [5.41, 5.74) is 4.18. The van der Waals surface area contributed by atoms with Crippen LogP contribution in [0.4, 0.5) is 0 Å². The lowest BCUT2D eigenvalue weighted by molar-refractivity contribution is 0.306. The highest BCUT2D eigenvalue weighted by Gasteiger charge is 2.08. The van der Waals surface area contributed by atoms with Crippen molar-refractivity contribution in [3.8, 4) is 17.1 Å². The van der Waals surface area contributed by atoms with E-state index in [1.807, 2.05) is 79.7 Å². The van der Waals surface area contributed by atoms with E-state index < -0.39 is 0 Å². The number of benzene rings is 3. The highest BCUT2D eigenvalue weighted by Crippen LogP contribution is 2.19. The van der Waals surface area contributed by atoms with Gasteiger partial charge >= 0.3 is 0 Å². The van der Waals surface area contributed by atoms with Crippen LogP contribution in [0.15, 0.2) is 84.0 Å². The van der Waals surface area contributed by atoms with E-state index in [0.29, 0.717) is 17.2 Å². The molecule has 0 atom stereocenters. The van der Waals surface area contributed by atoms with Crippen molar-refractivity contribution in [2.45, 2.75) is 13.5 Å². The van der Waals surface area contributed by atoms with Gasteiger partial charge in [0.15, 0.2) is 5.82 Å². The summed E-state index contributed by atoms with van der Waals surface area (Å²) in [5.74, 6) is 1.49. The fourth-order valence-corrected chi connectivity index (χ4v) is 3.06. The number of hydrogen-bond acceptors (Lipinski definition) is 4. The number of H-pyrrole nitrogens is 1. The van der Waals surface area contributed by atoms with E-state index in [-0.39, 0.29) is 0 Å². The first-order chi connectivity index (χ1) is 14.2. The number of nitrogens with one attached hydrogen (secondary N) is 1. The molecule has 0 saturated heterocycles. The Balaban J connectivity index is 1.48. The van der Waals surface area contributed by atoms with Crippen molar-refractivity contribution in [1.29, 1.82) is 0 Å². The Kier molecular flexibility index (Phi) is 5.63. The Hall–Kier alpha value is -3.51. The maximum absolute atomic E-state index is 5.82. The SMILES string of the molecule is Cc1cccc(-c2n[nH]c(=S)n2/N=C\c2ccc(OCc3ccccc3)cc2)c1. The Labute approximate surface area is 174 Å². The molecule has 0 amide bonds. The van der Waals surface area contributed by atoms with Gasteiger partial charge in [-0.15, -0.1) is 0 Å². The number of ether oxygens (including phenoxy) is 1. The number of aryl methyl sites for hydroxylation is 1. The number of aromatic amines is 1. The molecule has 0 aliphatic heterocycles. The van der Waals surface area contributed by atoms with Crippen molar-refractivity contribution in [1.82, 2.24) is 14.9 Å². The maximum atomic E-state index is 5.82. The topological polar surface area (TPSA) is 55.2 Å². The minimum Gasteiger partial charge on any atom is -0.489 e. The monoisotopic (exact) mass is 400 g/mol. The Morgan fingerprint density at radius 3 is 2.59 bits per heavy atom. The average Bonchev–Trinajstić information content (AvgIpc) is 3.12. The van der Waals surface area contributed by atoms with Gasteiger partial charge in [-0.25, -0.2) is 5.10 Å². The van der Waals surface area contributed by atoms with E-state index in [0.717, 1.165) is 28.0 Å². The summed E-state index contributed by atoms with van der Waals surface area (Å²) in [5, 5.41) is 11.7. The van der Waals surface area contributed by atoms with Gasteiger partial charge in [-0.2, -0.15) is 14.9 Å². The van der Waals surface area contributed by atoms with Gasteiger partial charge in [0.1, 0.15) is 12.4 Å². The van der Waals surface area contributed by atoms with Gasteiger partial charge in [0.2, 0.25) is 4.77 Å². The Bertz CT molecular complexity index is 1180. The molecule has 144 valence electrons. The molecule has 0 radical (unpaired) electrons. The first-order valence-corrected chi connectivity index (χ1v) is 9.65. The highest BCUT2D eigenvalue weighted by atomic mass is 32.1. The summed E-state index contributed by atoms with van der Waals surface area (Å²) in [6.07, 6.45) is 1.76. The number of nitrogens with zero attached hydrogens (tertiary/aromatic N) is 3. The lowest BCUT2D eigenvalue weighted by Gasteiger charge is -2.06. The molecular weight excluding hydrogens is 380 g/mol. The van der Waals surface area contributed by atoms with Gasteiger partial charge in [-0.05, 0) is 60.6 Å². The summed E-state index contributed by atoms with van der Waals surface area (Å²) in [4.78, 5) is 0. The largest absolute Gasteiger partial charge is 0.489 e. The van der Waals surface area contributed by atoms with Crippen LogP contribution >= 0.6 is 12.2 Å². The lowest BCUT2D eigenvalue weighted by Crippen LogP contribution is -1.96. The second-order valence-electron chi connectivity index (χ2n) is 6.62. The summed E-state index contributed by atoms with van der Waals surface area (Å²) < 4.78 is 7.90. The first-order valence-electron chi connectivity index (χ1n) is 9.25. The molecule has 4 rings (SSSR count). The molecule has 0 aliphatic carbocycles. The van der Waals surface area contributed by atoms with Crippen molar-refractivity contribution in [2.24, 2.45) is 5.10 Å². The predicted molar refractivity (Wildman–Crippen MR) is 118 cm³/mol. The molecule has 5 nitrogen and oxygen atoms in total. The molecule has 1 aromatic heterocycles. The number of rotatable bonds is 6. The fourth-order valence-electron chi connectivity index (χ4n) is 2.89. The van der Waals surface area contributed by atoms with Crippen molar-refractivity contribution in [3.63, 3.8) is 0 Å². The molecule has 0 saturated carbocycles. The van der Waals surface area contributed by atoms with Crippen molar-refractivity contribution in [3.05, 3.63) is 100 Å². The van der Waals surface area contributed by atoms with Crippen LogP contribution in [0, 0.1) is 11.7 Å². The average molecular weight is 401 g/mol. The molecule has 4 aromatic rings. The Morgan fingerprint density at radius 2 is 1.83 bits per heavy atom. The van der Waals surface area contributed by atoms with Gasteiger partial charge in [-0.1, -0.05) is 54.1 Å². The molecule has 0 aliphatic rings. The van der Waals surface area contributed by atoms with E-state index >= 15 is 0 Å². The molecule has 0 spiro atoms. The van der Waals surface area contributed by atoms with Crippen molar-refractivity contribution in [2.75, 3.05) is 0 Å². The van der Waals surface area contributed by atoms with E-state index in [2.05, 4.69) is 21.4 Å². The fraction of sp³-hybridized carbons (Fsp3) is 0.0870. The van der Waals surface area contributed by atoms with Crippen LogP contribution in [0.25, 0.3) is 11.4 Å². The van der Waals surface area contributed by atoms with Crippen molar-refractivity contribution >= 4 is 18.4 Å². The second-order valence-corrected chi connectivity index (χ2v) is 7.01. The smallest absolute Gasteiger partial charge is 0.216 e. The quantitative estimate of drug-likeness (QED) is 0.349.